The normalized spacial score (nSPS) is 43.9. The first-order valence-electron chi connectivity index (χ1n) is 14.9. The lowest BCUT2D eigenvalue weighted by atomic mass is 9.34. The van der Waals surface area contributed by atoms with Crippen molar-refractivity contribution in [1.82, 2.24) is 5.32 Å². The zero-order chi connectivity index (χ0) is 28.8. The van der Waals surface area contributed by atoms with Gasteiger partial charge < -0.3 is 10.4 Å². The fourth-order valence-corrected chi connectivity index (χ4v) is 10.4. The molecule has 6 heteroatoms. The van der Waals surface area contributed by atoms with Crippen molar-refractivity contribution < 1.29 is 19.5 Å². The number of carbonyl (C=O) groups excluding carboxylic acids is 3. The molecule has 6 nitrogen and oxygen atoms in total. The molecular weight excluding hydrogens is 488 g/mol. The molecule has 39 heavy (non-hydrogen) atoms. The minimum absolute atomic E-state index is 0.00311. The van der Waals surface area contributed by atoms with E-state index in [9.17, 15) is 24.8 Å². The number of Topliss-reactive ketones (excluding diaryl/α,β-unsaturated/α-hetero) is 1. The minimum atomic E-state index is -0.683. The third-order valence-electron chi connectivity index (χ3n) is 12.7. The summed E-state index contributed by atoms with van der Waals surface area (Å²) in [5, 5.41) is 22.3. The van der Waals surface area contributed by atoms with Crippen molar-refractivity contribution in [1.29, 1.82) is 5.26 Å². The van der Waals surface area contributed by atoms with Crippen LogP contribution in [0, 0.1) is 61.6 Å². The molecule has 3 saturated carbocycles. The molecule has 0 unspecified atom stereocenters. The number of rotatable bonds is 3. The highest BCUT2D eigenvalue weighted by Crippen LogP contribution is 2.74. The Morgan fingerprint density at radius 2 is 1.72 bits per heavy atom. The van der Waals surface area contributed by atoms with Crippen LogP contribution in [0.3, 0.4) is 0 Å². The van der Waals surface area contributed by atoms with Crippen molar-refractivity contribution in [3.8, 4) is 6.07 Å². The Labute approximate surface area is 233 Å². The van der Waals surface area contributed by atoms with E-state index in [2.05, 4.69) is 46.0 Å². The second kappa shape index (κ2) is 8.62. The predicted octanol–water partition coefficient (Wildman–Crippen LogP) is 5.31. The van der Waals surface area contributed by atoms with Gasteiger partial charge in [0.15, 0.2) is 11.6 Å². The average Bonchev–Trinajstić information content (AvgIpc) is 2.86. The van der Waals surface area contributed by atoms with Gasteiger partial charge in [0.05, 0.1) is 17.6 Å². The van der Waals surface area contributed by atoms with Crippen molar-refractivity contribution in [2.24, 2.45) is 50.2 Å². The number of fused-ring (bicyclic) bond motifs is 7. The molecule has 0 spiro atoms. The zero-order valence-corrected chi connectivity index (χ0v) is 24.9. The second-order valence-electron chi connectivity index (χ2n) is 15.4. The number of nitriles is 1. The van der Waals surface area contributed by atoms with Crippen LogP contribution < -0.4 is 5.32 Å². The van der Waals surface area contributed by atoms with Crippen LogP contribution in [0.15, 0.2) is 23.3 Å². The van der Waals surface area contributed by atoms with Crippen molar-refractivity contribution >= 4 is 17.5 Å². The number of aliphatic hydroxyl groups excluding tert-OH is 1. The Balaban J connectivity index is 1.67. The molecule has 0 bridgehead atoms. The van der Waals surface area contributed by atoms with E-state index in [4.69, 9.17) is 0 Å². The number of amides is 1. The Hall–Kier alpha value is -2.26. The van der Waals surface area contributed by atoms with Gasteiger partial charge in [0.1, 0.15) is 6.07 Å². The van der Waals surface area contributed by atoms with Gasteiger partial charge in [0.2, 0.25) is 5.91 Å². The van der Waals surface area contributed by atoms with E-state index in [-0.39, 0.29) is 70.2 Å². The lowest BCUT2D eigenvalue weighted by Gasteiger charge is -2.69. The number of carbonyl (C=O) groups is 3. The van der Waals surface area contributed by atoms with E-state index in [1.807, 2.05) is 26.0 Å². The summed E-state index contributed by atoms with van der Waals surface area (Å²) < 4.78 is 0. The van der Waals surface area contributed by atoms with Gasteiger partial charge in [-0.25, -0.2) is 0 Å². The molecule has 212 valence electrons. The van der Waals surface area contributed by atoms with Crippen LogP contribution in [-0.4, -0.2) is 35.7 Å². The highest BCUT2D eigenvalue weighted by Gasteiger charge is 2.70. The molecule has 0 aromatic heterocycles. The lowest BCUT2D eigenvalue weighted by molar-refractivity contribution is -0.178. The van der Waals surface area contributed by atoms with Crippen molar-refractivity contribution in [2.75, 3.05) is 13.2 Å². The average molecular weight is 535 g/mol. The molecule has 0 aromatic carbocycles. The number of nitrogens with one attached hydrogen (secondary N) is 1. The Kier molecular flexibility index (Phi) is 6.25. The van der Waals surface area contributed by atoms with Gasteiger partial charge in [-0.15, -0.1) is 0 Å². The van der Waals surface area contributed by atoms with Crippen LogP contribution in [0.4, 0.5) is 0 Å². The summed E-state index contributed by atoms with van der Waals surface area (Å²) in [6, 6.07) is 2.17. The molecule has 0 saturated heterocycles. The van der Waals surface area contributed by atoms with Gasteiger partial charge >= 0.3 is 0 Å². The van der Waals surface area contributed by atoms with Crippen LogP contribution in [-0.2, 0) is 14.4 Å². The third kappa shape index (κ3) is 3.57. The molecule has 3 fully saturated rings. The Morgan fingerprint density at radius 3 is 2.36 bits per heavy atom. The van der Waals surface area contributed by atoms with E-state index in [1.165, 1.54) is 0 Å². The number of hydrogen-bond donors (Lipinski definition) is 2. The molecule has 0 radical (unpaired) electrons. The minimum Gasteiger partial charge on any atom is -0.395 e. The maximum atomic E-state index is 14.5. The first kappa shape index (κ1) is 28.3. The summed E-state index contributed by atoms with van der Waals surface area (Å²) in [6.45, 7) is 15.3. The fourth-order valence-electron chi connectivity index (χ4n) is 10.4. The molecule has 5 aliphatic carbocycles. The third-order valence-corrected chi connectivity index (χ3v) is 12.7. The van der Waals surface area contributed by atoms with Gasteiger partial charge in [-0.3, -0.25) is 14.4 Å². The Morgan fingerprint density at radius 1 is 1.05 bits per heavy atom. The number of hydrogen-bond acceptors (Lipinski definition) is 5. The molecule has 0 aliphatic heterocycles. The second-order valence-corrected chi connectivity index (χ2v) is 15.4. The Bertz CT molecular complexity index is 1240. The lowest BCUT2D eigenvalue weighted by Crippen LogP contribution is -2.66. The maximum Gasteiger partial charge on any atom is 0.226 e. The molecule has 5 aliphatic rings. The predicted molar refractivity (Wildman–Crippen MR) is 149 cm³/mol. The summed E-state index contributed by atoms with van der Waals surface area (Å²) in [6.07, 6.45) is 9.54. The number of ketones is 2. The van der Waals surface area contributed by atoms with Crippen molar-refractivity contribution in [3.63, 3.8) is 0 Å². The van der Waals surface area contributed by atoms with Gasteiger partial charge in [-0.2, -0.15) is 5.26 Å². The number of nitrogens with zero attached hydrogens (tertiary/aromatic N) is 1. The van der Waals surface area contributed by atoms with Crippen molar-refractivity contribution in [2.45, 2.75) is 93.4 Å². The maximum absolute atomic E-state index is 14.5. The SMILES string of the molecule is CC1(C)CC[C@]2(C(=O)NCCO)CC[C@]3(C)[C@H](C(=O)C=C4[C@@]5(C)C=C(C#N)C(=O)C(C)(C)[C@@H]5CC[C@]43C)[C@@H]2C1. The number of aliphatic hydroxyl groups is 1. The molecule has 0 heterocycles. The first-order chi connectivity index (χ1) is 18.0. The van der Waals surface area contributed by atoms with E-state index < -0.39 is 16.2 Å². The molecule has 2 N–H and O–H groups in total. The van der Waals surface area contributed by atoms with Crippen LogP contribution >= 0.6 is 0 Å². The van der Waals surface area contributed by atoms with Crippen LogP contribution in [0.1, 0.15) is 93.4 Å². The van der Waals surface area contributed by atoms with Gasteiger partial charge in [-0.1, -0.05) is 60.1 Å². The van der Waals surface area contributed by atoms with Crippen molar-refractivity contribution in [3.05, 3.63) is 23.3 Å². The smallest absolute Gasteiger partial charge is 0.226 e. The summed E-state index contributed by atoms with van der Waals surface area (Å²) in [4.78, 5) is 41.5. The molecular formula is C33H46N2O4. The quantitative estimate of drug-likeness (QED) is 0.510. The van der Waals surface area contributed by atoms with E-state index >= 15 is 0 Å². The molecule has 0 aromatic rings. The van der Waals surface area contributed by atoms with E-state index in [0.29, 0.717) is 0 Å². The van der Waals surface area contributed by atoms with Gasteiger partial charge in [0, 0.05) is 23.3 Å². The largest absolute Gasteiger partial charge is 0.395 e. The molecule has 5 rings (SSSR count). The summed E-state index contributed by atoms with van der Waals surface area (Å²) in [5.41, 5.74) is -1.14. The fraction of sp³-hybridized carbons (Fsp3) is 0.758. The van der Waals surface area contributed by atoms with E-state index in [1.54, 1.807) is 0 Å². The highest BCUT2D eigenvalue weighted by atomic mass is 16.3. The standard InChI is InChI=1S/C33H46N2O4/c1-28(2)10-12-33(27(39)35-14-15-36)13-11-32(7)25(21(33)18-28)22(37)16-24-30(5)17-20(19-34)26(38)29(3,4)23(30)8-9-31(24,32)6/h16-17,21,23,25,36H,8-15,18H2,1-7H3,(H,35,39)/t21-,23-,25-,30-,31+,32+,33-/m0/s1. The summed E-state index contributed by atoms with van der Waals surface area (Å²) >= 11 is 0. The first-order valence-corrected chi connectivity index (χ1v) is 14.9. The zero-order valence-electron chi connectivity index (χ0n) is 24.9. The number of allylic oxidation sites excluding steroid dienone is 4. The van der Waals surface area contributed by atoms with Gasteiger partial charge in [-0.05, 0) is 79.1 Å². The van der Waals surface area contributed by atoms with Gasteiger partial charge in [0.25, 0.3) is 0 Å². The monoisotopic (exact) mass is 534 g/mol. The van der Waals surface area contributed by atoms with E-state index in [0.717, 1.165) is 50.5 Å². The highest BCUT2D eigenvalue weighted by molar-refractivity contribution is 6.04. The summed E-state index contributed by atoms with van der Waals surface area (Å²) in [7, 11) is 0. The molecule has 7 atom stereocenters. The molecule has 1 amide bonds. The topological polar surface area (TPSA) is 107 Å². The van der Waals surface area contributed by atoms with Crippen LogP contribution in [0.25, 0.3) is 0 Å². The summed E-state index contributed by atoms with van der Waals surface area (Å²) in [5.74, 6) is -0.309. The van der Waals surface area contributed by atoms with Crippen LogP contribution in [0.2, 0.25) is 0 Å². The van der Waals surface area contributed by atoms with Crippen LogP contribution in [0.5, 0.6) is 0 Å².